The average molecular weight is 719 g/mol. The molecule has 1 aliphatic rings. The molecule has 3 aromatic carbocycles. The third-order valence-corrected chi connectivity index (χ3v) is 9.51. The Hall–Kier alpha value is -3.99. The van der Waals surface area contributed by atoms with E-state index in [0.29, 0.717) is 24.7 Å². The molecule has 1 unspecified atom stereocenters. The number of benzene rings is 3. The number of amides is 1. The van der Waals surface area contributed by atoms with Gasteiger partial charge in [0.25, 0.3) is 0 Å². The molecule has 50 heavy (non-hydrogen) atoms. The van der Waals surface area contributed by atoms with Gasteiger partial charge in [-0.05, 0) is 115 Å². The number of aryl methyl sites for hydroxylation is 2. The summed E-state index contributed by atoms with van der Waals surface area (Å²) < 4.78 is 13.9. The van der Waals surface area contributed by atoms with Gasteiger partial charge in [-0.2, -0.15) is 5.10 Å². The van der Waals surface area contributed by atoms with Gasteiger partial charge in [0.05, 0.1) is 40.1 Å². The first-order valence-corrected chi connectivity index (χ1v) is 18.1. The van der Waals surface area contributed by atoms with E-state index in [1.54, 1.807) is 37.0 Å². The van der Waals surface area contributed by atoms with Crippen LogP contribution in [-0.2, 0) is 27.7 Å². The van der Waals surface area contributed by atoms with E-state index in [2.05, 4.69) is 24.3 Å². The molecule has 1 saturated heterocycles. The third kappa shape index (κ3) is 8.83. The lowest BCUT2D eigenvalue weighted by Crippen LogP contribution is -2.35. The number of esters is 1. The van der Waals surface area contributed by atoms with Gasteiger partial charge in [-0.3, -0.25) is 9.48 Å². The number of carbonyl (C=O) groups is 2. The number of aromatic nitrogens is 3. The molecule has 266 valence electrons. The molecule has 5 aromatic rings. The van der Waals surface area contributed by atoms with E-state index in [4.69, 9.17) is 36.3 Å². The second kappa shape index (κ2) is 14.7. The Labute approximate surface area is 303 Å². The number of carbonyl (C=O) groups excluding carboxylic acids is 2. The second-order valence-electron chi connectivity index (χ2n) is 14.7. The molecule has 1 aliphatic heterocycles. The zero-order chi connectivity index (χ0) is 36.5. The Morgan fingerprint density at radius 3 is 2.34 bits per heavy atom. The summed E-state index contributed by atoms with van der Waals surface area (Å²) in [6, 6.07) is 16.1. The van der Waals surface area contributed by atoms with Gasteiger partial charge in [-0.1, -0.05) is 23.7 Å². The number of fused-ring (bicyclic) bond motifs is 2. The van der Waals surface area contributed by atoms with Gasteiger partial charge in [-0.15, -0.1) is 11.3 Å². The SMILES string of the molecule is CC(C)(C)O.CCOC(=O)Cc1c(C)cc2nc(-c3ccc4c(c3)c(C3CCN(C(=O)OC(C)(C)C)C3)nn4C)sc2c1-c1ccc(Cl)cc1. The zero-order valence-electron chi connectivity index (χ0n) is 30.4. The molecule has 0 saturated carbocycles. The molecule has 0 spiro atoms. The van der Waals surface area contributed by atoms with Crippen LogP contribution in [0.5, 0.6) is 0 Å². The number of thiazole rings is 1. The molecule has 11 heteroatoms. The summed E-state index contributed by atoms with van der Waals surface area (Å²) in [5.41, 5.74) is 6.71. The van der Waals surface area contributed by atoms with Gasteiger partial charge in [0.1, 0.15) is 10.6 Å². The first-order valence-electron chi connectivity index (χ1n) is 16.9. The fraction of sp³-hybridized carbons (Fsp3) is 0.436. The summed E-state index contributed by atoms with van der Waals surface area (Å²) in [5.74, 6) is -0.150. The van der Waals surface area contributed by atoms with Gasteiger partial charge >= 0.3 is 12.1 Å². The average Bonchev–Trinajstić information content (AvgIpc) is 3.74. The minimum Gasteiger partial charge on any atom is -0.466 e. The van der Waals surface area contributed by atoms with E-state index in [1.165, 1.54) is 0 Å². The predicted molar refractivity (Wildman–Crippen MR) is 202 cm³/mol. The van der Waals surface area contributed by atoms with Crippen molar-refractivity contribution in [3.63, 3.8) is 0 Å². The Morgan fingerprint density at radius 2 is 1.70 bits per heavy atom. The lowest BCUT2D eigenvalue weighted by molar-refractivity contribution is -0.142. The molecule has 1 N–H and O–H groups in total. The van der Waals surface area contributed by atoms with Gasteiger partial charge < -0.3 is 19.5 Å². The van der Waals surface area contributed by atoms with Crippen LogP contribution >= 0.6 is 22.9 Å². The molecular weight excluding hydrogens is 672 g/mol. The molecule has 6 rings (SSSR count). The fourth-order valence-corrected chi connectivity index (χ4v) is 7.33. The molecule has 0 bridgehead atoms. The zero-order valence-corrected chi connectivity index (χ0v) is 32.0. The van der Waals surface area contributed by atoms with Gasteiger partial charge in [0.15, 0.2) is 0 Å². The van der Waals surface area contributed by atoms with E-state index in [-0.39, 0.29) is 24.4 Å². The van der Waals surface area contributed by atoms with Crippen molar-refractivity contribution in [2.24, 2.45) is 7.05 Å². The van der Waals surface area contributed by atoms with Gasteiger partial charge in [0, 0.05) is 47.6 Å². The normalized spacial score (nSPS) is 14.9. The first kappa shape index (κ1) is 37.3. The highest BCUT2D eigenvalue weighted by atomic mass is 35.5. The number of likely N-dealkylation sites (tertiary alicyclic amines) is 1. The third-order valence-electron chi connectivity index (χ3n) is 8.12. The predicted octanol–water partition coefficient (Wildman–Crippen LogP) is 9.09. The standard InChI is InChI=1S/C35H37ClN4O4S.C4H10O/c1-7-43-29(41)18-25-20(2)16-27-32(30(25)21-8-11-24(36)12-9-21)45-33(37-27)22-10-13-28-26(17-22)31(38-39(28)6)23-14-15-40(19-23)34(42)44-35(3,4)5;1-4(2,3)5/h8-13,16-17,23H,7,14-15,18-19H2,1-6H3;5H,1-3H3. The second-order valence-corrected chi connectivity index (χ2v) is 16.2. The van der Waals surface area contributed by atoms with Crippen molar-refractivity contribution in [1.29, 1.82) is 0 Å². The summed E-state index contributed by atoms with van der Waals surface area (Å²) in [6.07, 6.45) is 0.714. The molecule has 1 atom stereocenters. The van der Waals surface area contributed by atoms with Gasteiger partial charge in [0.2, 0.25) is 0 Å². The molecular formula is C39H47ClN4O5S. The van der Waals surface area contributed by atoms with Crippen molar-refractivity contribution in [3.05, 3.63) is 70.4 Å². The maximum Gasteiger partial charge on any atom is 0.410 e. The van der Waals surface area contributed by atoms with Crippen LogP contribution in [0.2, 0.25) is 5.02 Å². The lowest BCUT2D eigenvalue weighted by atomic mass is 9.93. The number of halogens is 1. The van der Waals surface area contributed by atoms with Crippen molar-refractivity contribution in [2.75, 3.05) is 19.7 Å². The van der Waals surface area contributed by atoms with E-state index >= 15 is 0 Å². The van der Waals surface area contributed by atoms with Crippen LogP contribution in [0.1, 0.15) is 77.6 Å². The Kier molecular flexibility index (Phi) is 11.0. The monoisotopic (exact) mass is 718 g/mol. The van der Waals surface area contributed by atoms with Crippen molar-refractivity contribution in [2.45, 2.75) is 85.4 Å². The number of ether oxygens (including phenoxy) is 2. The quantitative estimate of drug-likeness (QED) is 0.175. The van der Waals surface area contributed by atoms with Crippen LogP contribution in [0.4, 0.5) is 4.79 Å². The minimum absolute atomic E-state index is 0.108. The summed E-state index contributed by atoms with van der Waals surface area (Å²) >= 11 is 7.85. The van der Waals surface area contributed by atoms with Crippen LogP contribution in [0, 0.1) is 6.92 Å². The van der Waals surface area contributed by atoms with Gasteiger partial charge in [-0.25, -0.2) is 9.78 Å². The molecule has 2 aromatic heterocycles. The van der Waals surface area contributed by atoms with Crippen LogP contribution < -0.4 is 0 Å². The van der Waals surface area contributed by atoms with Crippen molar-refractivity contribution in [1.82, 2.24) is 19.7 Å². The molecule has 1 fully saturated rings. The van der Waals surface area contributed by atoms with E-state index < -0.39 is 11.2 Å². The van der Waals surface area contributed by atoms with Crippen LogP contribution in [0.15, 0.2) is 48.5 Å². The highest BCUT2D eigenvalue weighted by Gasteiger charge is 2.33. The topological polar surface area (TPSA) is 107 Å². The fourth-order valence-electron chi connectivity index (χ4n) is 6.07. The van der Waals surface area contributed by atoms with E-state index in [0.717, 1.165) is 66.1 Å². The highest BCUT2D eigenvalue weighted by molar-refractivity contribution is 7.22. The highest BCUT2D eigenvalue weighted by Crippen LogP contribution is 2.42. The molecule has 9 nitrogen and oxygen atoms in total. The largest absolute Gasteiger partial charge is 0.466 e. The van der Waals surface area contributed by atoms with Crippen LogP contribution in [-0.4, -0.2) is 67.7 Å². The lowest BCUT2D eigenvalue weighted by Gasteiger charge is -2.24. The molecule has 3 heterocycles. The molecule has 0 aliphatic carbocycles. The number of aliphatic hydroxyl groups is 1. The van der Waals surface area contributed by atoms with Crippen LogP contribution in [0.3, 0.4) is 0 Å². The number of nitrogens with zero attached hydrogens (tertiary/aromatic N) is 4. The maximum absolute atomic E-state index is 12.8. The Bertz CT molecular complexity index is 2020. The smallest absolute Gasteiger partial charge is 0.410 e. The van der Waals surface area contributed by atoms with Crippen molar-refractivity contribution < 1.29 is 24.2 Å². The van der Waals surface area contributed by atoms with E-state index in [9.17, 15) is 9.59 Å². The van der Waals surface area contributed by atoms with Crippen LogP contribution in [0.25, 0.3) is 42.8 Å². The summed E-state index contributed by atoms with van der Waals surface area (Å²) in [7, 11) is 1.95. The molecule has 1 amide bonds. The Balaban J connectivity index is 0.000000908. The number of rotatable bonds is 6. The van der Waals surface area contributed by atoms with E-state index in [1.807, 2.05) is 70.6 Å². The Morgan fingerprint density at radius 1 is 1.04 bits per heavy atom. The maximum atomic E-state index is 12.8. The summed E-state index contributed by atoms with van der Waals surface area (Å²) in [5, 5.41) is 16.0. The summed E-state index contributed by atoms with van der Waals surface area (Å²) in [4.78, 5) is 32.3. The first-order chi connectivity index (χ1) is 23.4. The number of hydrogen-bond acceptors (Lipinski definition) is 8. The number of hydrogen-bond donors (Lipinski definition) is 1. The molecule has 0 radical (unpaired) electrons. The van der Waals surface area contributed by atoms with Crippen molar-refractivity contribution in [3.8, 4) is 21.7 Å². The van der Waals surface area contributed by atoms with Crippen molar-refractivity contribution >= 4 is 56.1 Å². The minimum atomic E-state index is -0.537. The summed E-state index contributed by atoms with van der Waals surface area (Å²) in [6.45, 7) is 16.3.